The van der Waals surface area contributed by atoms with Crippen LogP contribution in [0, 0.1) is 29.1 Å². The van der Waals surface area contributed by atoms with Crippen LogP contribution in [-0.2, 0) is 31.5 Å². The van der Waals surface area contributed by atoms with Crippen molar-refractivity contribution in [2.75, 3.05) is 24.0 Å². The lowest BCUT2D eigenvalue weighted by Crippen LogP contribution is -2.48. The Balaban J connectivity index is 1.38. The molecule has 1 saturated carbocycles. The number of hydrogen-bond donors (Lipinski definition) is 1. The number of allylic oxidation sites excluding steroid dienone is 2. The molecule has 3 fully saturated rings. The number of carbonyl (C=O) groups excluding carboxylic acids is 4. The Labute approximate surface area is 292 Å². The molecule has 0 spiro atoms. The van der Waals surface area contributed by atoms with E-state index in [-0.39, 0.29) is 36.2 Å². The third-order valence-electron chi connectivity index (χ3n) is 11.0. The van der Waals surface area contributed by atoms with Crippen LogP contribution in [0.15, 0.2) is 72.3 Å². The average molecular weight is 729 g/mol. The standard InChI is InChI=1S/C37H30F6N2O7/c1-35-25(32(48)45(34(35)50)20-7-5-4-6-8-20)16-24-22(29(35)17-11-26(51-2)30(46)27(12-17)52-3)9-10-23-28(24)33(49)44(31(23)47)21-14-18(36(38,39)40)13-19(15-21)37(41,42)43/h4-9,11-15,23-25,28-29,46H,10,16H2,1-3H3. The molecule has 0 aromatic heterocycles. The molecule has 3 aromatic carbocycles. The Kier molecular flexibility index (Phi) is 8.00. The van der Waals surface area contributed by atoms with Gasteiger partial charge in [-0.15, -0.1) is 0 Å². The molecule has 2 aliphatic carbocycles. The van der Waals surface area contributed by atoms with Crippen LogP contribution < -0.4 is 19.3 Å². The van der Waals surface area contributed by atoms with Crippen molar-refractivity contribution in [1.29, 1.82) is 0 Å². The molecule has 2 saturated heterocycles. The molecule has 9 nitrogen and oxygen atoms in total. The summed E-state index contributed by atoms with van der Waals surface area (Å²) < 4.78 is 93.5. The number of rotatable bonds is 5. The zero-order valence-corrected chi connectivity index (χ0v) is 27.7. The Morgan fingerprint density at radius 3 is 1.87 bits per heavy atom. The highest BCUT2D eigenvalue weighted by atomic mass is 19.4. The number of nitrogens with zero attached hydrogens (tertiary/aromatic N) is 2. The first-order valence-electron chi connectivity index (χ1n) is 16.2. The summed E-state index contributed by atoms with van der Waals surface area (Å²) in [5, 5.41) is 10.7. The lowest BCUT2D eigenvalue weighted by Gasteiger charge is -2.49. The Bertz CT molecular complexity index is 2010. The number of alkyl halides is 6. The second-order valence-electron chi connectivity index (χ2n) is 13.5. The fraction of sp³-hybridized carbons (Fsp3) is 0.351. The Morgan fingerprint density at radius 2 is 1.33 bits per heavy atom. The monoisotopic (exact) mass is 728 g/mol. The molecule has 6 unspecified atom stereocenters. The molecule has 3 aromatic rings. The van der Waals surface area contributed by atoms with Crippen LogP contribution >= 0.6 is 0 Å². The van der Waals surface area contributed by atoms with Gasteiger partial charge < -0.3 is 14.6 Å². The molecule has 4 aliphatic rings. The Hall–Kier alpha value is -5.34. The van der Waals surface area contributed by atoms with Crippen molar-refractivity contribution in [1.82, 2.24) is 0 Å². The number of benzene rings is 3. The van der Waals surface area contributed by atoms with Crippen LogP contribution in [0.1, 0.15) is 42.4 Å². The molecule has 7 rings (SSSR count). The maximum Gasteiger partial charge on any atom is 0.416 e. The van der Waals surface area contributed by atoms with E-state index in [2.05, 4.69) is 0 Å². The summed E-state index contributed by atoms with van der Waals surface area (Å²) in [6.07, 6.45) is -9.04. The summed E-state index contributed by atoms with van der Waals surface area (Å²) in [6.45, 7) is 1.62. The Morgan fingerprint density at radius 1 is 0.750 bits per heavy atom. The SMILES string of the molecule is COc1cc(C2C3=CCC4C(=O)N(c5cc(C(F)(F)F)cc(C(F)(F)F)c5)C(=O)C4C3CC3C(=O)N(c4ccccc4)C(=O)C32C)cc(OC)c1O. The second kappa shape index (κ2) is 11.9. The minimum Gasteiger partial charge on any atom is -0.502 e. The number of phenols is 1. The van der Waals surface area contributed by atoms with E-state index in [9.17, 15) is 50.6 Å². The molecule has 2 aliphatic heterocycles. The van der Waals surface area contributed by atoms with Crippen molar-refractivity contribution < 1.29 is 60.1 Å². The van der Waals surface area contributed by atoms with Gasteiger partial charge in [-0.25, -0.2) is 9.80 Å². The quantitative estimate of drug-likeness (QED) is 0.173. The van der Waals surface area contributed by atoms with Crippen molar-refractivity contribution in [3.05, 3.63) is 89.0 Å². The number of imide groups is 2. The van der Waals surface area contributed by atoms with E-state index in [0.29, 0.717) is 33.9 Å². The lowest BCUT2D eigenvalue weighted by molar-refractivity contribution is -0.143. The first-order chi connectivity index (χ1) is 24.4. The van der Waals surface area contributed by atoms with Gasteiger partial charge >= 0.3 is 12.4 Å². The molecule has 0 bridgehead atoms. The lowest BCUT2D eigenvalue weighted by atomic mass is 9.51. The number of carbonyl (C=O) groups is 4. The van der Waals surface area contributed by atoms with Crippen molar-refractivity contribution in [3.8, 4) is 17.2 Å². The fourth-order valence-corrected chi connectivity index (χ4v) is 8.62. The van der Waals surface area contributed by atoms with Crippen LogP contribution in [0.25, 0.3) is 0 Å². The van der Waals surface area contributed by atoms with E-state index in [0.717, 1.165) is 4.90 Å². The van der Waals surface area contributed by atoms with Gasteiger partial charge in [-0.3, -0.25) is 19.2 Å². The zero-order valence-electron chi connectivity index (χ0n) is 27.7. The smallest absolute Gasteiger partial charge is 0.416 e. The minimum absolute atomic E-state index is 0.0223. The van der Waals surface area contributed by atoms with E-state index < -0.39 is 87.8 Å². The van der Waals surface area contributed by atoms with Gasteiger partial charge in [0.1, 0.15) is 0 Å². The molecule has 15 heteroatoms. The van der Waals surface area contributed by atoms with Crippen LogP contribution in [0.4, 0.5) is 37.7 Å². The number of ether oxygens (including phenoxy) is 2. The van der Waals surface area contributed by atoms with Gasteiger partial charge in [0.2, 0.25) is 29.4 Å². The molecule has 4 amide bonds. The van der Waals surface area contributed by atoms with E-state index in [1.165, 1.54) is 26.4 Å². The van der Waals surface area contributed by atoms with Gasteiger partial charge in [-0.2, -0.15) is 26.3 Å². The summed E-state index contributed by atoms with van der Waals surface area (Å²) in [5.41, 5.74) is -4.60. The van der Waals surface area contributed by atoms with Crippen molar-refractivity contribution in [3.63, 3.8) is 0 Å². The molecule has 0 radical (unpaired) electrons. The van der Waals surface area contributed by atoms with Crippen molar-refractivity contribution in [2.45, 2.75) is 38.0 Å². The van der Waals surface area contributed by atoms with Crippen LogP contribution in [0.2, 0.25) is 0 Å². The molecular formula is C37H30F6N2O7. The number of fused-ring (bicyclic) bond motifs is 4. The number of anilines is 2. The van der Waals surface area contributed by atoms with Gasteiger partial charge in [-0.05, 0) is 73.7 Å². The van der Waals surface area contributed by atoms with Gasteiger partial charge in [0.05, 0.1) is 59.9 Å². The first kappa shape index (κ1) is 35.1. The highest BCUT2D eigenvalue weighted by molar-refractivity contribution is 6.25. The van der Waals surface area contributed by atoms with Crippen LogP contribution in [0.5, 0.6) is 17.2 Å². The highest BCUT2D eigenvalue weighted by Gasteiger charge is 2.68. The normalized spacial score (nSPS) is 27.3. The minimum atomic E-state index is -5.23. The van der Waals surface area contributed by atoms with Crippen molar-refractivity contribution >= 4 is 35.0 Å². The topological polar surface area (TPSA) is 113 Å². The zero-order chi connectivity index (χ0) is 37.7. The summed E-state index contributed by atoms with van der Waals surface area (Å²) >= 11 is 0. The van der Waals surface area contributed by atoms with Gasteiger partial charge in [0.25, 0.3) is 0 Å². The average Bonchev–Trinajstić information content (AvgIpc) is 3.47. The fourth-order valence-electron chi connectivity index (χ4n) is 8.62. The van der Waals surface area contributed by atoms with Crippen LogP contribution in [0.3, 0.4) is 0 Å². The number of para-hydroxylation sites is 1. The molecule has 52 heavy (non-hydrogen) atoms. The molecule has 2 heterocycles. The predicted octanol–water partition coefficient (Wildman–Crippen LogP) is 6.88. The number of halogens is 6. The van der Waals surface area contributed by atoms with Gasteiger partial charge in [0.15, 0.2) is 11.5 Å². The maximum absolute atomic E-state index is 14.6. The van der Waals surface area contributed by atoms with E-state index >= 15 is 0 Å². The van der Waals surface area contributed by atoms with E-state index in [4.69, 9.17) is 9.47 Å². The number of aromatic hydroxyl groups is 1. The highest BCUT2D eigenvalue weighted by Crippen LogP contribution is 2.64. The molecule has 6 atom stereocenters. The van der Waals surface area contributed by atoms with Gasteiger partial charge in [0, 0.05) is 5.92 Å². The summed E-state index contributed by atoms with van der Waals surface area (Å²) in [4.78, 5) is 58.5. The van der Waals surface area contributed by atoms with Gasteiger partial charge in [-0.1, -0.05) is 29.8 Å². The number of methoxy groups -OCH3 is 2. The predicted molar refractivity (Wildman–Crippen MR) is 171 cm³/mol. The summed E-state index contributed by atoms with van der Waals surface area (Å²) in [6, 6.07) is 11.7. The molecular weight excluding hydrogens is 698 g/mol. The van der Waals surface area contributed by atoms with Crippen molar-refractivity contribution in [2.24, 2.45) is 29.1 Å². The second-order valence-corrected chi connectivity index (χ2v) is 13.5. The molecule has 272 valence electrons. The first-order valence-corrected chi connectivity index (χ1v) is 16.2. The number of amides is 4. The third-order valence-corrected chi connectivity index (χ3v) is 11.0. The largest absolute Gasteiger partial charge is 0.502 e. The number of phenolic OH excluding ortho intramolecular Hbond substituents is 1. The maximum atomic E-state index is 14.6. The third kappa shape index (κ3) is 5.06. The summed E-state index contributed by atoms with van der Waals surface area (Å²) in [5.74, 6) is -8.96. The molecule has 1 N–H and O–H groups in total. The van der Waals surface area contributed by atoms with Crippen LogP contribution in [-0.4, -0.2) is 43.0 Å². The number of hydrogen-bond acceptors (Lipinski definition) is 7. The van der Waals surface area contributed by atoms with E-state index in [1.807, 2.05) is 0 Å². The van der Waals surface area contributed by atoms with E-state index in [1.54, 1.807) is 43.3 Å². The summed E-state index contributed by atoms with van der Waals surface area (Å²) in [7, 11) is 2.60.